The smallest absolute Gasteiger partial charge is 0.273 e. The molecule has 2 unspecified atom stereocenters. The van der Waals surface area contributed by atoms with Crippen molar-refractivity contribution in [3.8, 4) is 11.3 Å². The Hall–Kier alpha value is -1.86. The molecule has 0 aliphatic carbocycles. The number of nitrogens with one attached hydrogen (secondary N) is 1. The summed E-state index contributed by atoms with van der Waals surface area (Å²) in [6.07, 6.45) is 1.87. The number of benzene rings is 1. The van der Waals surface area contributed by atoms with Gasteiger partial charge in [0.25, 0.3) is 5.91 Å². The number of rotatable bonds is 6. The van der Waals surface area contributed by atoms with Crippen LogP contribution in [0.4, 0.5) is 4.39 Å². The van der Waals surface area contributed by atoms with Crippen molar-refractivity contribution in [2.45, 2.75) is 18.2 Å². The van der Waals surface area contributed by atoms with Crippen LogP contribution >= 0.6 is 11.8 Å². The molecule has 22 heavy (non-hydrogen) atoms. The molecule has 1 amide bonds. The third-order valence-corrected chi connectivity index (χ3v) is 4.43. The fraction of sp³-hybridized carbons (Fsp3) is 0.333. The Morgan fingerprint density at radius 3 is 2.73 bits per heavy atom. The molecule has 118 valence electrons. The minimum absolute atomic E-state index is 0.0255. The van der Waals surface area contributed by atoms with E-state index in [-0.39, 0.29) is 35.3 Å². The molecule has 0 spiro atoms. The number of aliphatic hydroxyl groups is 1. The Balaban J connectivity index is 2.07. The first-order valence-electron chi connectivity index (χ1n) is 6.72. The highest BCUT2D eigenvalue weighted by Crippen LogP contribution is 2.20. The quantitative estimate of drug-likeness (QED) is 0.853. The van der Waals surface area contributed by atoms with Gasteiger partial charge in [-0.3, -0.25) is 4.79 Å². The molecule has 0 saturated heterocycles. The van der Waals surface area contributed by atoms with Crippen LogP contribution < -0.4 is 5.32 Å². The minimum atomic E-state index is -0.378. The molecule has 0 radical (unpaired) electrons. The highest BCUT2D eigenvalue weighted by Gasteiger charge is 2.20. The molecule has 1 aromatic carbocycles. The van der Waals surface area contributed by atoms with Crippen LogP contribution in [-0.4, -0.2) is 40.3 Å². The zero-order valence-electron chi connectivity index (χ0n) is 12.2. The average Bonchev–Trinajstić information content (AvgIpc) is 2.99. The number of aromatic nitrogens is 1. The number of aliphatic hydroxyl groups excluding tert-OH is 1. The van der Waals surface area contributed by atoms with E-state index in [4.69, 9.17) is 4.52 Å². The standard InChI is InChI=1S/C15H17FN2O3S/c1-9(14(8-19)22-2)17-15(20)12-7-13(21-18-12)10-3-5-11(16)6-4-10/h3-7,9,14,19H,8H2,1-2H3,(H,17,20). The van der Waals surface area contributed by atoms with Crippen molar-refractivity contribution >= 4 is 17.7 Å². The lowest BCUT2D eigenvalue weighted by Gasteiger charge is -2.20. The maximum Gasteiger partial charge on any atom is 0.273 e. The van der Waals surface area contributed by atoms with Crippen LogP contribution in [-0.2, 0) is 0 Å². The van der Waals surface area contributed by atoms with E-state index >= 15 is 0 Å². The predicted molar refractivity (Wildman–Crippen MR) is 83.2 cm³/mol. The maximum absolute atomic E-state index is 12.9. The molecule has 1 heterocycles. The van der Waals surface area contributed by atoms with E-state index in [0.29, 0.717) is 11.3 Å². The number of thioether (sulfide) groups is 1. The van der Waals surface area contributed by atoms with E-state index in [9.17, 15) is 14.3 Å². The first-order chi connectivity index (χ1) is 10.5. The van der Waals surface area contributed by atoms with E-state index in [1.165, 1.54) is 30.0 Å². The minimum Gasteiger partial charge on any atom is -0.395 e. The Morgan fingerprint density at radius 2 is 2.14 bits per heavy atom. The molecule has 7 heteroatoms. The fourth-order valence-electron chi connectivity index (χ4n) is 1.94. The number of nitrogens with zero attached hydrogens (tertiary/aromatic N) is 1. The maximum atomic E-state index is 12.9. The van der Waals surface area contributed by atoms with Crippen LogP contribution in [0.3, 0.4) is 0 Å². The summed E-state index contributed by atoms with van der Waals surface area (Å²) >= 11 is 1.47. The van der Waals surface area contributed by atoms with Crippen molar-refractivity contribution < 1.29 is 18.8 Å². The lowest BCUT2D eigenvalue weighted by molar-refractivity contribution is 0.0927. The lowest BCUT2D eigenvalue weighted by Crippen LogP contribution is -2.41. The third kappa shape index (κ3) is 3.86. The molecular formula is C15H17FN2O3S. The van der Waals surface area contributed by atoms with Crippen molar-refractivity contribution in [2.75, 3.05) is 12.9 Å². The van der Waals surface area contributed by atoms with Gasteiger partial charge in [0.2, 0.25) is 0 Å². The summed E-state index contributed by atoms with van der Waals surface area (Å²) in [5, 5.41) is 15.6. The van der Waals surface area contributed by atoms with E-state index in [1.807, 2.05) is 13.2 Å². The Labute approximate surface area is 131 Å². The molecule has 0 bridgehead atoms. The van der Waals surface area contributed by atoms with Gasteiger partial charge in [0.15, 0.2) is 11.5 Å². The number of hydrogen-bond donors (Lipinski definition) is 2. The SMILES string of the molecule is CSC(CO)C(C)NC(=O)c1cc(-c2ccc(F)cc2)on1. The summed E-state index contributed by atoms with van der Waals surface area (Å²) in [5.74, 6) is -0.333. The number of carbonyl (C=O) groups is 1. The van der Waals surface area contributed by atoms with Gasteiger partial charge < -0.3 is 14.9 Å². The van der Waals surface area contributed by atoms with Gasteiger partial charge in [-0.1, -0.05) is 5.16 Å². The van der Waals surface area contributed by atoms with Crippen molar-refractivity contribution in [3.63, 3.8) is 0 Å². The average molecular weight is 324 g/mol. The number of amides is 1. The molecular weight excluding hydrogens is 307 g/mol. The first-order valence-corrected chi connectivity index (χ1v) is 8.01. The van der Waals surface area contributed by atoms with E-state index < -0.39 is 0 Å². The van der Waals surface area contributed by atoms with Gasteiger partial charge in [0.05, 0.1) is 6.61 Å². The van der Waals surface area contributed by atoms with Crippen molar-refractivity contribution in [1.29, 1.82) is 0 Å². The first kappa shape index (κ1) is 16.5. The molecule has 5 nitrogen and oxygen atoms in total. The molecule has 2 atom stereocenters. The summed E-state index contributed by atoms with van der Waals surface area (Å²) in [6.45, 7) is 1.79. The van der Waals surface area contributed by atoms with Crippen molar-refractivity contribution in [3.05, 3.63) is 41.8 Å². The van der Waals surface area contributed by atoms with Gasteiger partial charge in [0, 0.05) is 22.9 Å². The lowest BCUT2D eigenvalue weighted by atomic mass is 10.1. The van der Waals surface area contributed by atoms with Crippen LogP contribution in [0.25, 0.3) is 11.3 Å². The predicted octanol–water partition coefficient (Wildman–Crippen LogP) is 2.32. The van der Waals surface area contributed by atoms with Gasteiger partial charge in [0.1, 0.15) is 5.82 Å². The van der Waals surface area contributed by atoms with Gasteiger partial charge in [-0.05, 0) is 37.4 Å². The van der Waals surface area contributed by atoms with Crippen LogP contribution in [0.2, 0.25) is 0 Å². The number of hydrogen-bond acceptors (Lipinski definition) is 5. The summed E-state index contributed by atoms with van der Waals surface area (Å²) < 4.78 is 18.0. The monoisotopic (exact) mass is 324 g/mol. The summed E-state index contributed by atoms with van der Waals surface area (Å²) in [6, 6.07) is 7.01. The zero-order chi connectivity index (χ0) is 16.1. The molecule has 2 aromatic rings. The molecule has 0 fully saturated rings. The fourth-order valence-corrected chi connectivity index (χ4v) is 2.57. The molecule has 2 rings (SSSR count). The molecule has 2 N–H and O–H groups in total. The van der Waals surface area contributed by atoms with Crippen LogP contribution in [0.1, 0.15) is 17.4 Å². The zero-order valence-corrected chi connectivity index (χ0v) is 13.1. The van der Waals surface area contributed by atoms with E-state index in [1.54, 1.807) is 12.1 Å². The van der Waals surface area contributed by atoms with Crippen LogP contribution in [0.5, 0.6) is 0 Å². The Morgan fingerprint density at radius 1 is 1.45 bits per heavy atom. The molecule has 0 saturated carbocycles. The largest absolute Gasteiger partial charge is 0.395 e. The third-order valence-electron chi connectivity index (χ3n) is 3.27. The summed E-state index contributed by atoms with van der Waals surface area (Å²) in [4.78, 5) is 12.1. The highest BCUT2D eigenvalue weighted by molar-refractivity contribution is 7.99. The van der Waals surface area contributed by atoms with Crippen LogP contribution in [0, 0.1) is 5.82 Å². The topological polar surface area (TPSA) is 75.4 Å². The van der Waals surface area contributed by atoms with E-state index in [2.05, 4.69) is 10.5 Å². The van der Waals surface area contributed by atoms with E-state index in [0.717, 1.165) is 0 Å². The summed E-state index contributed by atoms with van der Waals surface area (Å²) in [7, 11) is 0. The summed E-state index contributed by atoms with van der Waals surface area (Å²) in [5.41, 5.74) is 0.780. The number of halogens is 1. The molecule has 1 aromatic heterocycles. The van der Waals surface area contributed by atoms with Gasteiger partial charge in [-0.2, -0.15) is 11.8 Å². The second kappa shape index (κ2) is 7.42. The Kier molecular flexibility index (Phi) is 5.57. The van der Waals surface area contributed by atoms with Gasteiger partial charge in [-0.15, -0.1) is 0 Å². The van der Waals surface area contributed by atoms with Gasteiger partial charge in [-0.25, -0.2) is 4.39 Å². The highest BCUT2D eigenvalue weighted by atomic mass is 32.2. The van der Waals surface area contributed by atoms with Crippen molar-refractivity contribution in [2.24, 2.45) is 0 Å². The second-order valence-corrected chi connectivity index (χ2v) is 5.88. The second-order valence-electron chi connectivity index (χ2n) is 4.80. The van der Waals surface area contributed by atoms with Crippen molar-refractivity contribution in [1.82, 2.24) is 10.5 Å². The van der Waals surface area contributed by atoms with Gasteiger partial charge >= 0.3 is 0 Å². The van der Waals surface area contributed by atoms with Crippen LogP contribution in [0.15, 0.2) is 34.9 Å². The number of carbonyl (C=O) groups excluding carboxylic acids is 1. The normalized spacial score (nSPS) is 13.6. The molecule has 0 aliphatic heterocycles. The Bertz CT molecular complexity index is 626. The molecule has 0 aliphatic rings.